The Hall–Kier alpha value is -3.84. The van der Waals surface area contributed by atoms with E-state index < -0.39 is 0 Å². The highest BCUT2D eigenvalue weighted by molar-refractivity contribution is 5.94. The van der Waals surface area contributed by atoms with Gasteiger partial charge in [-0.1, -0.05) is 30.3 Å². The predicted molar refractivity (Wildman–Crippen MR) is 127 cm³/mol. The highest BCUT2D eigenvalue weighted by Crippen LogP contribution is 2.24. The first kappa shape index (κ1) is 22.0. The molecule has 1 aliphatic heterocycles. The summed E-state index contributed by atoms with van der Waals surface area (Å²) in [6, 6.07) is 23.5. The van der Waals surface area contributed by atoms with Crippen molar-refractivity contribution in [2.24, 2.45) is 0 Å². The summed E-state index contributed by atoms with van der Waals surface area (Å²) in [4.78, 5) is 17.3. The second-order valence-corrected chi connectivity index (χ2v) is 8.40. The van der Waals surface area contributed by atoms with Crippen molar-refractivity contribution in [3.05, 3.63) is 95.8 Å². The smallest absolute Gasteiger partial charge is 0.253 e. The van der Waals surface area contributed by atoms with Crippen LogP contribution in [0.3, 0.4) is 0 Å². The van der Waals surface area contributed by atoms with Gasteiger partial charge in [0, 0.05) is 49.4 Å². The second-order valence-electron chi connectivity index (χ2n) is 8.40. The maximum atomic E-state index is 13.2. The van der Waals surface area contributed by atoms with E-state index in [0.717, 1.165) is 42.7 Å². The van der Waals surface area contributed by atoms with Crippen LogP contribution >= 0.6 is 0 Å². The van der Waals surface area contributed by atoms with E-state index in [0.29, 0.717) is 30.4 Å². The van der Waals surface area contributed by atoms with Crippen molar-refractivity contribution in [2.45, 2.75) is 13.0 Å². The molecule has 1 saturated heterocycles. The van der Waals surface area contributed by atoms with Crippen LogP contribution in [0, 0.1) is 5.82 Å². The van der Waals surface area contributed by atoms with Gasteiger partial charge in [0.15, 0.2) is 0 Å². The zero-order chi connectivity index (χ0) is 23.3. The summed E-state index contributed by atoms with van der Waals surface area (Å²) >= 11 is 0. The van der Waals surface area contributed by atoms with Crippen LogP contribution in [0.1, 0.15) is 22.3 Å². The van der Waals surface area contributed by atoms with Gasteiger partial charge in [-0.2, -0.15) is 0 Å². The fraction of sp³-hybridized carbons (Fsp3) is 0.222. The average Bonchev–Trinajstić information content (AvgIpc) is 3.26. The molecule has 0 spiro atoms. The van der Waals surface area contributed by atoms with Crippen LogP contribution in [0.5, 0.6) is 0 Å². The van der Waals surface area contributed by atoms with Crippen molar-refractivity contribution in [1.82, 2.24) is 20.0 Å². The van der Waals surface area contributed by atoms with Crippen LogP contribution in [0.2, 0.25) is 0 Å². The van der Waals surface area contributed by atoms with E-state index in [4.69, 9.17) is 4.42 Å². The molecule has 1 aliphatic rings. The highest BCUT2D eigenvalue weighted by atomic mass is 19.1. The molecule has 34 heavy (non-hydrogen) atoms. The molecule has 0 bridgehead atoms. The van der Waals surface area contributed by atoms with Gasteiger partial charge >= 0.3 is 0 Å². The molecule has 0 saturated carbocycles. The normalized spacial score (nSPS) is 14.7. The molecule has 1 aromatic heterocycles. The molecular formula is C27H25FN4O2. The molecule has 0 aliphatic carbocycles. The number of halogens is 1. The van der Waals surface area contributed by atoms with Crippen LogP contribution in [0.4, 0.5) is 4.39 Å². The van der Waals surface area contributed by atoms with Gasteiger partial charge in [-0.15, -0.1) is 10.2 Å². The summed E-state index contributed by atoms with van der Waals surface area (Å²) in [5, 5.41) is 8.28. The predicted octanol–water partition coefficient (Wildman–Crippen LogP) is 4.89. The third kappa shape index (κ3) is 5.05. The maximum absolute atomic E-state index is 13.2. The number of amides is 1. The molecule has 0 atom stereocenters. The second kappa shape index (κ2) is 9.97. The molecular weight excluding hydrogens is 431 g/mol. The lowest BCUT2D eigenvalue weighted by atomic mass is 10.1. The number of carbonyl (C=O) groups is 1. The molecule has 2 heterocycles. The molecule has 6 nitrogen and oxygen atoms in total. The van der Waals surface area contributed by atoms with Crippen LogP contribution < -0.4 is 0 Å². The number of hydrogen-bond acceptors (Lipinski definition) is 5. The number of rotatable bonds is 5. The van der Waals surface area contributed by atoms with Crippen LogP contribution in [0.25, 0.3) is 22.9 Å². The number of hydrogen-bond donors (Lipinski definition) is 0. The molecule has 0 radical (unpaired) electrons. The molecule has 7 heteroatoms. The molecule has 5 rings (SSSR count). The quantitative estimate of drug-likeness (QED) is 0.428. The van der Waals surface area contributed by atoms with Gasteiger partial charge in [0.2, 0.25) is 11.8 Å². The Morgan fingerprint density at radius 3 is 2.18 bits per heavy atom. The van der Waals surface area contributed by atoms with E-state index in [-0.39, 0.29) is 11.7 Å². The summed E-state index contributed by atoms with van der Waals surface area (Å²) in [6.45, 7) is 3.81. The fourth-order valence-corrected chi connectivity index (χ4v) is 4.16. The van der Waals surface area contributed by atoms with E-state index in [1.165, 1.54) is 12.1 Å². The van der Waals surface area contributed by atoms with Crippen molar-refractivity contribution in [3.8, 4) is 22.9 Å². The van der Waals surface area contributed by atoms with Crippen LogP contribution in [-0.4, -0.2) is 52.1 Å². The van der Waals surface area contributed by atoms with Crippen LogP contribution in [0.15, 0.2) is 83.3 Å². The zero-order valence-electron chi connectivity index (χ0n) is 18.7. The lowest BCUT2D eigenvalue weighted by Gasteiger charge is -2.22. The number of benzene rings is 3. The van der Waals surface area contributed by atoms with Gasteiger partial charge in [0.1, 0.15) is 5.82 Å². The molecule has 0 N–H and O–H groups in total. The van der Waals surface area contributed by atoms with Gasteiger partial charge < -0.3 is 9.32 Å². The Morgan fingerprint density at radius 2 is 1.47 bits per heavy atom. The number of aromatic nitrogens is 2. The van der Waals surface area contributed by atoms with Gasteiger partial charge in [0.05, 0.1) is 0 Å². The lowest BCUT2D eigenvalue weighted by Crippen LogP contribution is -2.35. The molecule has 1 amide bonds. The van der Waals surface area contributed by atoms with E-state index >= 15 is 0 Å². The highest BCUT2D eigenvalue weighted by Gasteiger charge is 2.21. The van der Waals surface area contributed by atoms with E-state index in [1.807, 2.05) is 71.6 Å². The fourth-order valence-electron chi connectivity index (χ4n) is 4.16. The van der Waals surface area contributed by atoms with Crippen molar-refractivity contribution >= 4 is 5.91 Å². The summed E-state index contributed by atoms with van der Waals surface area (Å²) in [7, 11) is 0. The first-order chi connectivity index (χ1) is 16.7. The maximum Gasteiger partial charge on any atom is 0.253 e. The van der Waals surface area contributed by atoms with Gasteiger partial charge in [0.25, 0.3) is 5.91 Å². The topological polar surface area (TPSA) is 62.5 Å². The standard InChI is InChI=1S/C27H25FN4O2/c28-24-13-7-20(8-14-24)19-31-15-4-16-32(18-17-31)27(33)23-11-9-22(10-12-23)26-30-29-25(34-26)21-5-2-1-3-6-21/h1-3,5-14H,4,15-19H2. The van der Waals surface area contributed by atoms with Crippen molar-refractivity contribution in [2.75, 3.05) is 26.2 Å². The lowest BCUT2D eigenvalue weighted by molar-refractivity contribution is 0.0761. The first-order valence-corrected chi connectivity index (χ1v) is 11.4. The third-order valence-corrected chi connectivity index (χ3v) is 6.02. The Labute approximate surface area is 197 Å². The van der Waals surface area contributed by atoms with Gasteiger partial charge in [-0.05, 0) is 60.5 Å². The van der Waals surface area contributed by atoms with E-state index in [1.54, 1.807) is 0 Å². The monoisotopic (exact) mass is 456 g/mol. The van der Waals surface area contributed by atoms with Crippen LogP contribution in [-0.2, 0) is 6.54 Å². The molecule has 0 unspecified atom stereocenters. The molecule has 1 fully saturated rings. The van der Waals surface area contributed by atoms with Gasteiger partial charge in [-0.3, -0.25) is 9.69 Å². The molecule has 3 aromatic carbocycles. The Bertz CT molecular complexity index is 1240. The third-order valence-electron chi connectivity index (χ3n) is 6.02. The minimum atomic E-state index is -0.224. The SMILES string of the molecule is O=C(c1ccc(-c2nnc(-c3ccccc3)o2)cc1)N1CCCN(Cc2ccc(F)cc2)CC1. The molecule has 4 aromatic rings. The minimum Gasteiger partial charge on any atom is -0.416 e. The zero-order valence-corrected chi connectivity index (χ0v) is 18.7. The van der Waals surface area contributed by atoms with E-state index in [9.17, 15) is 9.18 Å². The van der Waals surface area contributed by atoms with Crippen molar-refractivity contribution in [3.63, 3.8) is 0 Å². The summed E-state index contributed by atoms with van der Waals surface area (Å²) in [5.41, 5.74) is 3.35. The Kier molecular flexibility index (Phi) is 6.44. The summed E-state index contributed by atoms with van der Waals surface area (Å²) < 4.78 is 19.0. The number of carbonyl (C=O) groups excluding carboxylic acids is 1. The number of nitrogens with zero attached hydrogens (tertiary/aromatic N) is 4. The first-order valence-electron chi connectivity index (χ1n) is 11.4. The average molecular weight is 457 g/mol. The minimum absolute atomic E-state index is 0.0192. The Morgan fingerprint density at radius 1 is 0.794 bits per heavy atom. The largest absolute Gasteiger partial charge is 0.416 e. The summed E-state index contributed by atoms with van der Waals surface area (Å²) in [6.07, 6.45) is 0.898. The van der Waals surface area contributed by atoms with Gasteiger partial charge in [-0.25, -0.2) is 4.39 Å². The molecule has 172 valence electrons. The van der Waals surface area contributed by atoms with Crippen molar-refractivity contribution in [1.29, 1.82) is 0 Å². The van der Waals surface area contributed by atoms with E-state index in [2.05, 4.69) is 15.1 Å². The van der Waals surface area contributed by atoms with Crippen molar-refractivity contribution < 1.29 is 13.6 Å². The summed E-state index contributed by atoms with van der Waals surface area (Å²) in [5.74, 6) is 0.679. The Balaban J connectivity index is 1.21.